The van der Waals surface area contributed by atoms with Gasteiger partial charge in [0.15, 0.2) is 12.4 Å². The average molecular weight is 283 g/mol. The molecule has 2 aromatic rings. The summed E-state index contributed by atoms with van der Waals surface area (Å²) in [5.74, 6) is 0. The molecule has 0 atom stereocenters. The lowest BCUT2D eigenvalue weighted by Crippen LogP contribution is -2.29. The van der Waals surface area contributed by atoms with Gasteiger partial charge in [0.05, 0.1) is 4.90 Å². The van der Waals surface area contributed by atoms with Gasteiger partial charge >= 0.3 is 0 Å². The number of hydrogen-bond acceptors (Lipinski definition) is 3. The summed E-state index contributed by atoms with van der Waals surface area (Å²) < 4.78 is 44.3. The van der Waals surface area contributed by atoms with Crippen molar-refractivity contribution in [1.82, 2.24) is 0 Å². The molecule has 6 heteroatoms. The Labute approximate surface area is 111 Å². The summed E-state index contributed by atoms with van der Waals surface area (Å²) in [7, 11) is -4.27. The minimum atomic E-state index is -4.27. The first-order valence-electron chi connectivity index (χ1n) is 5.46. The summed E-state index contributed by atoms with van der Waals surface area (Å²) in [6.45, 7) is 1.38. The van der Waals surface area contributed by atoms with E-state index in [9.17, 15) is 17.4 Å². The van der Waals surface area contributed by atoms with E-state index >= 15 is 0 Å². The average Bonchev–Trinajstić information content (AvgIpc) is 2.40. The monoisotopic (exact) mass is 283 g/mol. The molecule has 0 saturated carbocycles. The van der Waals surface area contributed by atoms with Gasteiger partial charge in [0, 0.05) is 12.1 Å². The number of hydrogen-bond donors (Lipinski definition) is 0. The molecule has 0 radical (unpaired) electrons. The Morgan fingerprint density at radius 1 is 1.11 bits per heavy atom. The number of pyridine rings is 1. The molecule has 2 rings (SSSR count). The van der Waals surface area contributed by atoms with Gasteiger partial charge in [-0.25, -0.2) is 8.42 Å². The predicted octanol–water partition coefficient (Wildman–Crippen LogP) is 1.80. The third-order valence-electron chi connectivity index (χ3n) is 2.22. The minimum absolute atomic E-state index is 0.178. The lowest BCUT2D eigenvalue weighted by molar-refractivity contribution is -0.718. The highest BCUT2D eigenvalue weighted by Crippen LogP contribution is 2.08. The van der Waals surface area contributed by atoms with E-state index in [1.54, 1.807) is 36.7 Å². The van der Waals surface area contributed by atoms with E-state index in [0.717, 1.165) is 5.56 Å². The fraction of sp³-hybridized carbons (Fsp3) is 0.154. The maximum Gasteiger partial charge on any atom is 0.289 e. The van der Waals surface area contributed by atoms with Crippen LogP contribution in [0.25, 0.3) is 0 Å². The van der Waals surface area contributed by atoms with E-state index in [-0.39, 0.29) is 4.90 Å². The van der Waals surface area contributed by atoms with Crippen LogP contribution in [-0.4, -0.2) is 13.0 Å². The van der Waals surface area contributed by atoms with Crippen molar-refractivity contribution in [3.63, 3.8) is 0 Å². The summed E-state index contributed by atoms with van der Waals surface area (Å²) in [5, 5.41) is 0. The molecule has 0 bridgehead atoms. The smallest absolute Gasteiger partial charge is 0.289 e. The topological polar surface area (TPSA) is 61.1 Å². The van der Waals surface area contributed by atoms with Crippen molar-refractivity contribution in [1.29, 1.82) is 0 Å². The minimum Gasteiger partial charge on any atom is -0.744 e. The molecule has 0 N–H and O–H groups in total. The van der Waals surface area contributed by atoms with Crippen molar-refractivity contribution in [3.8, 4) is 0 Å². The molecule has 0 saturated heterocycles. The Morgan fingerprint density at radius 2 is 1.63 bits per heavy atom. The number of halogens is 1. The fourth-order valence-corrected chi connectivity index (χ4v) is 1.69. The summed E-state index contributed by atoms with van der Waals surface area (Å²) in [6, 6.07) is 11.2. The number of aromatic nitrogens is 1. The van der Waals surface area contributed by atoms with Crippen molar-refractivity contribution < 1.29 is 21.9 Å². The first-order valence-corrected chi connectivity index (χ1v) is 6.87. The molecule has 1 heterocycles. The van der Waals surface area contributed by atoms with E-state index in [0.29, 0.717) is 0 Å². The number of rotatable bonds is 2. The van der Waals surface area contributed by atoms with Gasteiger partial charge in [-0.3, -0.25) is 0 Å². The second-order valence-electron chi connectivity index (χ2n) is 3.78. The van der Waals surface area contributed by atoms with Gasteiger partial charge in [-0.15, -0.1) is 0 Å². The maximum absolute atomic E-state index is 11.7. The molecular weight excluding hydrogens is 269 g/mol. The van der Waals surface area contributed by atoms with Crippen LogP contribution in [0.3, 0.4) is 0 Å². The summed E-state index contributed by atoms with van der Waals surface area (Å²) in [6.07, 6.45) is 3.36. The van der Waals surface area contributed by atoms with Crippen molar-refractivity contribution in [3.05, 3.63) is 60.4 Å². The molecule has 4 nitrogen and oxygen atoms in total. The van der Waals surface area contributed by atoms with Crippen molar-refractivity contribution >= 4 is 10.1 Å². The molecule has 0 aliphatic carbocycles. The highest BCUT2D eigenvalue weighted by atomic mass is 32.2. The zero-order valence-electron chi connectivity index (χ0n) is 10.4. The highest BCUT2D eigenvalue weighted by molar-refractivity contribution is 7.85. The van der Waals surface area contributed by atoms with E-state index in [4.69, 9.17) is 0 Å². The van der Waals surface area contributed by atoms with Crippen LogP contribution in [-0.2, 0) is 16.9 Å². The van der Waals surface area contributed by atoms with E-state index in [2.05, 4.69) is 0 Å². The molecule has 1 aromatic carbocycles. The molecule has 0 amide bonds. The quantitative estimate of drug-likeness (QED) is 0.623. The van der Waals surface area contributed by atoms with Gasteiger partial charge in [0.2, 0.25) is 0 Å². The molecule has 19 heavy (non-hydrogen) atoms. The van der Waals surface area contributed by atoms with Gasteiger partial charge in [-0.05, 0) is 19.1 Å². The van der Waals surface area contributed by atoms with Crippen LogP contribution in [0.4, 0.5) is 4.39 Å². The second kappa shape index (κ2) is 6.96. The van der Waals surface area contributed by atoms with Crippen LogP contribution >= 0.6 is 0 Å². The lowest BCUT2D eigenvalue weighted by Gasteiger charge is -2.05. The Morgan fingerprint density at radius 3 is 2.00 bits per heavy atom. The van der Waals surface area contributed by atoms with E-state index in [1.807, 2.05) is 13.0 Å². The molecule has 1 aromatic heterocycles. The molecule has 0 fully saturated rings. The normalized spacial score (nSPS) is 10.5. The number of benzene rings is 1. The largest absolute Gasteiger partial charge is 0.744 e. The SMILES string of the molecule is Cc1ccc(S(=O)(=O)[O-])cc1.FC[n+]1ccccc1. The Balaban J connectivity index is 0.000000200. The van der Waals surface area contributed by atoms with Crippen LogP contribution in [0.1, 0.15) is 5.56 Å². The van der Waals surface area contributed by atoms with Crippen molar-refractivity contribution in [2.24, 2.45) is 0 Å². The van der Waals surface area contributed by atoms with Gasteiger partial charge in [-0.1, -0.05) is 23.8 Å². The maximum atomic E-state index is 11.7. The molecule has 0 unspecified atom stereocenters. The standard InChI is InChI=1S/C7H8O3S.C6H7FN/c1-6-2-4-7(5-3-6)11(8,9)10;7-6-8-4-2-1-3-5-8/h2-5H,1H3,(H,8,9,10);1-5H,6H2/q;+1/p-1. The Hall–Kier alpha value is -1.79. The van der Waals surface area contributed by atoms with Crippen LogP contribution < -0.4 is 4.57 Å². The fourth-order valence-electron chi connectivity index (χ4n) is 1.22. The zero-order chi connectivity index (χ0) is 14.3. The van der Waals surface area contributed by atoms with Crippen LogP contribution in [0.2, 0.25) is 0 Å². The lowest BCUT2D eigenvalue weighted by atomic mass is 10.2. The second-order valence-corrected chi connectivity index (χ2v) is 5.16. The molecule has 102 valence electrons. The van der Waals surface area contributed by atoms with Crippen LogP contribution in [0.5, 0.6) is 0 Å². The van der Waals surface area contributed by atoms with E-state index < -0.39 is 16.9 Å². The van der Waals surface area contributed by atoms with Gasteiger partial charge < -0.3 is 4.55 Å². The third kappa shape index (κ3) is 5.58. The molecule has 0 aliphatic rings. The molecular formula is C13H14FNO3S. The van der Waals surface area contributed by atoms with E-state index in [1.165, 1.54) is 16.7 Å². The highest BCUT2D eigenvalue weighted by Gasteiger charge is 1.97. The van der Waals surface area contributed by atoms with Gasteiger partial charge in [0.1, 0.15) is 10.1 Å². The predicted molar refractivity (Wildman–Crippen MR) is 66.9 cm³/mol. The Kier molecular flexibility index (Phi) is 5.59. The van der Waals surface area contributed by atoms with Crippen molar-refractivity contribution in [2.75, 3.05) is 0 Å². The first kappa shape index (κ1) is 15.3. The summed E-state index contributed by atoms with van der Waals surface area (Å²) in [4.78, 5) is -0.178. The number of nitrogens with zero attached hydrogens (tertiary/aromatic N) is 1. The molecule has 0 spiro atoms. The zero-order valence-corrected chi connectivity index (χ0v) is 11.2. The van der Waals surface area contributed by atoms with Gasteiger partial charge in [-0.2, -0.15) is 8.96 Å². The van der Waals surface area contributed by atoms with Gasteiger partial charge in [0.25, 0.3) is 6.80 Å². The summed E-state index contributed by atoms with van der Waals surface area (Å²) in [5.41, 5.74) is 0.928. The summed E-state index contributed by atoms with van der Waals surface area (Å²) >= 11 is 0. The molecule has 0 aliphatic heterocycles. The Bertz CT molecular complexity index is 598. The number of aryl methyl sites for hydroxylation is 1. The van der Waals surface area contributed by atoms with Crippen molar-refractivity contribution in [2.45, 2.75) is 18.6 Å². The van der Waals surface area contributed by atoms with Crippen LogP contribution in [0, 0.1) is 6.92 Å². The first-order chi connectivity index (χ1) is 8.93. The third-order valence-corrected chi connectivity index (χ3v) is 3.07. The van der Waals surface area contributed by atoms with Crippen LogP contribution in [0.15, 0.2) is 59.8 Å². The number of alkyl halides is 1.